The zero-order valence-corrected chi connectivity index (χ0v) is 28.2. The van der Waals surface area contributed by atoms with Gasteiger partial charge in [-0.2, -0.15) is 0 Å². The van der Waals surface area contributed by atoms with Gasteiger partial charge in [-0.1, -0.05) is 164 Å². The van der Waals surface area contributed by atoms with E-state index in [1.54, 1.807) is 0 Å². The Bertz CT molecular complexity index is 2930. The summed E-state index contributed by atoms with van der Waals surface area (Å²) >= 11 is 0. The molecule has 2 aromatic heterocycles. The molecule has 0 radical (unpaired) electrons. The molecule has 0 bridgehead atoms. The number of rotatable bonds is 5. The van der Waals surface area contributed by atoms with Crippen LogP contribution in [0, 0.1) is 0 Å². The first-order valence-electron chi connectivity index (χ1n) is 17.6. The summed E-state index contributed by atoms with van der Waals surface area (Å²) in [6.45, 7) is 0. The van der Waals surface area contributed by atoms with Crippen molar-refractivity contribution in [2.45, 2.75) is 0 Å². The van der Waals surface area contributed by atoms with Crippen molar-refractivity contribution < 1.29 is 0 Å². The Morgan fingerprint density at radius 3 is 1.56 bits per heavy atom. The van der Waals surface area contributed by atoms with Gasteiger partial charge in [-0.05, 0) is 66.5 Å². The third-order valence-corrected chi connectivity index (χ3v) is 10.2. The fraction of sp³-hybridized carbons (Fsp3) is 0. The van der Waals surface area contributed by atoms with Crippen LogP contribution in [-0.2, 0) is 0 Å². The quantitative estimate of drug-likeness (QED) is 0.172. The summed E-state index contributed by atoms with van der Waals surface area (Å²) in [4.78, 5) is 14.7. The van der Waals surface area contributed by atoms with Gasteiger partial charge in [-0.15, -0.1) is 0 Å². The second-order valence-electron chi connectivity index (χ2n) is 13.2. The van der Waals surface area contributed by atoms with E-state index in [2.05, 4.69) is 157 Å². The zero-order valence-electron chi connectivity index (χ0n) is 28.2. The number of aromatic nitrogens is 3. The second-order valence-corrected chi connectivity index (χ2v) is 13.2. The molecule has 2 heterocycles. The van der Waals surface area contributed by atoms with Crippen molar-refractivity contribution in [2.24, 2.45) is 0 Å². The van der Waals surface area contributed by atoms with Crippen LogP contribution in [-0.4, -0.2) is 15.0 Å². The Kier molecular flexibility index (Phi) is 7.14. The molecule has 3 nitrogen and oxygen atoms in total. The predicted octanol–water partition coefficient (Wildman–Crippen LogP) is 12.8. The second kappa shape index (κ2) is 12.4. The van der Waals surface area contributed by atoms with E-state index in [-0.39, 0.29) is 0 Å². The lowest BCUT2D eigenvalue weighted by atomic mass is 9.90. The molecule has 0 N–H and O–H groups in total. The molecular formula is C49H31N3. The molecule has 52 heavy (non-hydrogen) atoms. The Labute approximate surface area is 301 Å². The molecule has 0 amide bonds. The lowest BCUT2D eigenvalue weighted by molar-refractivity contribution is 1.18. The summed E-state index contributed by atoms with van der Waals surface area (Å²) in [5.41, 5.74) is 9.45. The van der Waals surface area contributed by atoms with E-state index >= 15 is 0 Å². The Balaban J connectivity index is 1.06. The molecule has 0 saturated carbocycles. The maximum Gasteiger partial charge on any atom is 0.160 e. The summed E-state index contributed by atoms with van der Waals surface area (Å²) in [7, 11) is 0. The molecule has 0 atom stereocenters. The summed E-state index contributed by atoms with van der Waals surface area (Å²) in [6, 6.07) is 62.4. The zero-order chi connectivity index (χ0) is 34.4. The van der Waals surface area contributed by atoms with Gasteiger partial charge >= 0.3 is 0 Å². The van der Waals surface area contributed by atoms with Crippen LogP contribution in [0.3, 0.4) is 0 Å². The fourth-order valence-corrected chi connectivity index (χ4v) is 7.56. The smallest absolute Gasteiger partial charge is 0.160 e. The van der Waals surface area contributed by atoms with E-state index in [0.717, 1.165) is 44.6 Å². The number of nitrogens with zero attached hydrogens (tertiary/aromatic N) is 3. The standard InChI is InChI=1S/C49H31N3/c1-2-11-37(12-3-1)49-51-46(29-47(52-49)36-25-20-34(21-26-36)45-31-50-30-39-13-5-6-14-40(39)45)35-23-18-33(19-24-35)44-28-38-27-22-32-10-4-7-15-41(32)48(38)43-17-9-8-16-42(43)44/h1-31H. The highest BCUT2D eigenvalue weighted by molar-refractivity contribution is 6.23. The third-order valence-electron chi connectivity index (χ3n) is 10.2. The first-order chi connectivity index (χ1) is 25.8. The Hall–Kier alpha value is -6.97. The molecule has 8 aromatic carbocycles. The monoisotopic (exact) mass is 661 g/mol. The van der Waals surface area contributed by atoms with E-state index in [1.165, 1.54) is 48.8 Å². The third kappa shape index (κ3) is 5.19. The van der Waals surface area contributed by atoms with E-state index in [4.69, 9.17) is 9.97 Å². The summed E-state index contributed by atoms with van der Waals surface area (Å²) in [5, 5.41) is 9.93. The van der Waals surface area contributed by atoms with E-state index in [0.29, 0.717) is 5.82 Å². The lowest BCUT2D eigenvalue weighted by Crippen LogP contribution is -1.96. The van der Waals surface area contributed by atoms with Crippen molar-refractivity contribution in [3.05, 3.63) is 188 Å². The summed E-state index contributed by atoms with van der Waals surface area (Å²) in [5.74, 6) is 0.701. The van der Waals surface area contributed by atoms with Crippen LogP contribution in [0.4, 0.5) is 0 Å². The fourth-order valence-electron chi connectivity index (χ4n) is 7.56. The molecule has 242 valence electrons. The minimum atomic E-state index is 0.701. The van der Waals surface area contributed by atoms with Crippen molar-refractivity contribution >= 4 is 43.1 Å². The van der Waals surface area contributed by atoms with E-state index in [9.17, 15) is 0 Å². The first kappa shape index (κ1) is 29.9. The van der Waals surface area contributed by atoms with Crippen LogP contribution in [0.15, 0.2) is 188 Å². The first-order valence-corrected chi connectivity index (χ1v) is 17.6. The SMILES string of the molecule is c1ccc(-c2nc(-c3ccc(-c4cncc5ccccc45)cc3)cc(-c3ccc(-c4cc5ccc6ccccc6c5c5ccccc45)cc3)n2)cc1. The molecule has 0 aliphatic rings. The van der Waals surface area contributed by atoms with Crippen LogP contribution in [0.2, 0.25) is 0 Å². The molecule has 0 aliphatic heterocycles. The van der Waals surface area contributed by atoms with Crippen molar-refractivity contribution in [3.63, 3.8) is 0 Å². The topological polar surface area (TPSA) is 38.7 Å². The molecular weight excluding hydrogens is 631 g/mol. The number of hydrogen-bond acceptors (Lipinski definition) is 3. The van der Waals surface area contributed by atoms with Gasteiger partial charge in [0.15, 0.2) is 5.82 Å². The van der Waals surface area contributed by atoms with Crippen molar-refractivity contribution in [2.75, 3.05) is 0 Å². The molecule has 10 aromatic rings. The highest BCUT2D eigenvalue weighted by Gasteiger charge is 2.14. The molecule has 3 heteroatoms. The Morgan fingerprint density at radius 2 is 0.846 bits per heavy atom. The van der Waals surface area contributed by atoms with Crippen LogP contribution in [0.5, 0.6) is 0 Å². The van der Waals surface area contributed by atoms with Crippen molar-refractivity contribution in [3.8, 4) is 56.2 Å². The molecule has 0 unspecified atom stereocenters. The maximum absolute atomic E-state index is 5.10. The van der Waals surface area contributed by atoms with Gasteiger partial charge in [0.25, 0.3) is 0 Å². The average Bonchev–Trinajstić information content (AvgIpc) is 3.23. The van der Waals surface area contributed by atoms with Crippen LogP contribution in [0.1, 0.15) is 0 Å². The Morgan fingerprint density at radius 1 is 0.308 bits per heavy atom. The molecule has 0 fully saturated rings. The van der Waals surface area contributed by atoms with Crippen molar-refractivity contribution in [1.82, 2.24) is 15.0 Å². The van der Waals surface area contributed by atoms with Crippen LogP contribution in [0.25, 0.3) is 99.2 Å². The number of pyridine rings is 1. The highest BCUT2D eigenvalue weighted by atomic mass is 14.9. The minimum absolute atomic E-state index is 0.701. The molecule has 0 aliphatic carbocycles. The predicted molar refractivity (Wildman–Crippen MR) is 217 cm³/mol. The summed E-state index contributed by atoms with van der Waals surface area (Å²) < 4.78 is 0. The van der Waals surface area contributed by atoms with Gasteiger partial charge < -0.3 is 0 Å². The van der Waals surface area contributed by atoms with Gasteiger partial charge in [-0.25, -0.2) is 9.97 Å². The number of benzene rings is 8. The molecule has 10 rings (SSSR count). The van der Waals surface area contributed by atoms with Gasteiger partial charge in [0.05, 0.1) is 11.4 Å². The minimum Gasteiger partial charge on any atom is -0.263 e. The van der Waals surface area contributed by atoms with E-state index in [1.807, 2.05) is 36.7 Å². The summed E-state index contributed by atoms with van der Waals surface area (Å²) in [6.07, 6.45) is 3.86. The van der Waals surface area contributed by atoms with Gasteiger partial charge in [-0.3, -0.25) is 4.98 Å². The largest absolute Gasteiger partial charge is 0.263 e. The molecule has 0 saturated heterocycles. The number of hydrogen-bond donors (Lipinski definition) is 0. The average molecular weight is 662 g/mol. The normalized spacial score (nSPS) is 11.5. The van der Waals surface area contributed by atoms with Gasteiger partial charge in [0.1, 0.15) is 0 Å². The van der Waals surface area contributed by atoms with Crippen molar-refractivity contribution in [1.29, 1.82) is 0 Å². The van der Waals surface area contributed by atoms with Crippen LogP contribution < -0.4 is 0 Å². The lowest BCUT2D eigenvalue weighted by Gasteiger charge is -2.14. The van der Waals surface area contributed by atoms with Crippen LogP contribution >= 0.6 is 0 Å². The molecule has 0 spiro atoms. The highest BCUT2D eigenvalue weighted by Crippen LogP contribution is 2.39. The maximum atomic E-state index is 5.10. The number of fused-ring (bicyclic) bond motifs is 6. The van der Waals surface area contributed by atoms with E-state index < -0.39 is 0 Å². The van der Waals surface area contributed by atoms with Gasteiger partial charge in [0, 0.05) is 40.0 Å². The van der Waals surface area contributed by atoms with Gasteiger partial charge in [0.2, 0.25) is 0 Å².